The van der Waals surface area contributed by atoms with Gasteiger partial charge in [-0.15, -0.1) is 0 Å². The molecule has 0 amide bonds. The fourth-order valence-electron chi connectivity index (χ4n) is 2.20. The number of halogens is 3. The van der Waals surface area contributed by atoms with Crippen molar-refractivity contribution < 1.29 is 17.9 Å². The lowest BCUT2D eigenvalue weighted by Crippen LogP contribution is -2.36. The molecule has 2 aromatic rings. The van der Waals surface area contributed by atoms with Crippen molar-refractivity contribution in [1.29, 1.82) is 0 Å². The minimum atomic E-state index is -4.37. The van der Waals surface area contributed by atoms with Crippen LogP contribution in [0, 0.1) is 11.8 Å². The van der Waals surface area contributed by atoms with Gasteiger partial charge in [-0.1, -0.05) is 30.0 Å². The Morgan fingerprint density at radius 2 is 1.85 bits per heavy atom. The molecule has 0 fully saturated rings. The van der Waals surface area contributed by atoms with E-state index in [2.05, 4.69) is 27.5 Å². The van der Waals surface area contributed by atoms with Crippen molar-refractivity contribution in [1.82, 2.24) is 10.6 Å². The number of methoxy groups -OCH3 is 1. The van der Waals surface area contributed by atoms with Crippen molar-refractivity contribution in [3.05, 3.63) is 65.2 Å². The highest BCUT2D eigenvalue weighted by Gasteiger charge is 2.30. The van der Waals surface area contributed by atoms with Crippen molar-refractivity contribution in [2.45, 2.75) is 12.7 Å². The molecule has 0 bridgehead atoms. The minimum absolute atomic E-state index is 0.249. The molecule has 2 N–H and O–H groups in total. The van der Waals surface area contributed by atoms with Crippen LogP contribution in [0.3, 0.4) is 0 Å². The van der Waals surface area contributed by atoms with Crippen LogP contribution in [0.2, 0.25) is 0 Å². The highest BCUT2D eigenvalue weighted by molar-refractivity contribution is 5.79. The topological polar surface area (TPSA) is 45.7 Å². The SMILES string of the molecule is CN=C(NCC#Cc1cccc(C(F)(F)F)c1)NCc1ccc(OC)cc1. The molecule has 0 saturated heterocycles. The Hall–Kier alpha value is -3.14. The number of alkyl halides is 3. The molecule has 0 saturated carbocycles. The summed E-state index contributed by atoms with van der Waals surface area (Å²) in [6.45, 7) is 0.809. The van der Waals surface area contributed by atoms with Gasteiger partial charge in [0, 0.05) is 19.2 Å². The largest absolute Gasteiger partial charge is 0.497 e. The second-order valence-electron chi connectivity index (χ2n) is 5.51. The average molecular weight is 375 g/mol. The molecule has 4 nitrogen and oxygen atoms in total. The summed E-state index contributed by atoms with van der Waals surface area (Å²) in [5.41, 5.74) is 0.654. The van der Waals surface area contributed by atoms with Gasteiger partial charge in [0.25, 0.3) is 0 Å². The molecule has 2 rings (SSSR count). The van der Waals surface area contributed by atoms with Crippen molar-refractivity contribution >= 4 is 5.96 Å². The minimum Gasteiger partial charge on any atom is -0.497 e. The lowest BCUT2D eigenvalue weighted by molar-refractivity contribution is -0.137. The average Bonchev–Trinajstić information content (AvgIpc) is 2.67. The van der Waals surface area contributed by atoms with E-state index in [-0.39, 0.29) is 6.54 Å². The summed E-state index contributed by atoms with van der Waals surface area (Å²) in [6, 6.07) is 12.5. The first kappa shape index (κ1) is 20.2. The Morgan fingerprint density at radius 1 is 1.11 bits per heavy atom. The van der Waals surface area contributed by atoms with E-state index in [1.807, 2.05) is 24.3 Å². The van der Waals surface area contributed by atoms with Crippen LogP contribution in [0.25, 0.3) is 0 Å². The quantitative estimate of drug-likeness (QED) is 0.489. The lowest BCUT2D eigenvalue weighted by atomic mass is 10.1. The zero-order valence-electron chi connectivity index (χ0n) is 15.0. The Bertz CT molecular complexity index is 834. The van der Waals surface area contributed by atoms with E-state index in [0.29, 0.717) is 18.1 Å². The van der Waals surface area contributed by atoms with Gasteiger partial charge in [0.2, 0.25) is 0 Å². The van der Waals surface area contributed by atoms with Crippen LogP contribution in [0.4, 0.5) is 13.2 Å². The fourth-order valence-corrected chi connectivity index (χ4v) is 2.20. The summed E-state index contributed by atoms with van der Waals surface area (Å²) < 4.78 is 43.2. The summed E-state index contributed by atoms with van der Waals surface area (Å²) in [6.07, 6.45) is -4.37. The number of ether oxygens (including phenoxy) is 1. The molecule has 2 aromatic carbocycles. The number of nitrogens with zero attached hydrogens (tertiary/aromatic N) is 1. The third kappa shape index (κ3) is 6.59. The number of rotatable bonds is 4. The van der Waals surface area contributed by atoms with Crippen molar-refractivity contribution in [2.75, 3.05) is 20.7 Å². The Morgan fingerprint density at radius 3 is 2.48 bits per heavy atom. The Balaban J connectivity index is 1.85. The molecule has 0 aliphatic carbocycles. The van der Waals surface area contributed by atoms with E-state index in [9.17, 15) is 13.2 Å². The van der Waals surface area contributed by atoms with E-state index in [1.165, 1.54) is 6.07 Å². The smallest absolute Gasteiger partial charge is 0.416 e. The maximum absolute atomic E-state index is 12.7. The third-order valence-corrected chi connectivity index (χ3v) is 3.61. The Labute approximate surface area is 156 Å². The maximum Gasteiger partial charge on any atom is 0.416 e. The fraction of sp³-hybridized carbons (Fsp3) is 0.250. The van der Waals surface area contributed by atoms with Crippen LogP contribution >= 0.6 is 0 Å². The number of guanidine groups is 1. The van der Waals surface area contributed by atoms with Gasteiger partial charge in [0.1, 0.15) is 5.75 Å². The molecule has 0 atom stereocenters. The number of hydrogen-bond acceptors (Lipinski definition) is 2. The van der Waals surface area contributed by atoms with Crippen molar-refractivity contribution in [3.63, 3.8) is 0 Å². The molecule has 0 heterocycles. The van der Waals surface area contributed by atoms with Crippen molar-refractivity contribution in [3.8, 4) is 17.6 Å². The molecule has 0 aromatic heterocycles. The van der Waals surface area contributed by atoms with E-state index in [1.54, 1.807) is 20.2 Å². The van der Waals surface area contributed by atoms with Gasteiger partial charge < -0.3 is 15.4 Å². The first-order valence-electron chi connectivity index (χ1n) is 8.16. The van der Waals surface area contributed by atoms with Gasteiger partial charge in [0.15, 0.2) is 5.96 Å². The molecule has 142 valence electrons. The van der Waals surface area contributed by atoms with Crippen molar-refractivity contribution in [2.24, 2.45) is 4.99 Å². The maximum atomic E-state index is 12.7. The normalized spacial score (nSPS) is 11.4. The van der Waals surface area contributed by atoms with Crippen LogP contribution in [-0.4, -0.2) is 26.7 Å². The molecular formula is C20H20F3N3O. The number of hydrogen-bond donors (Lipinski definition) is 2. The lowest BCUT2D eigenvalue weighted by Gasteiger charge is -2.10. The summed E-state index contributed by atoms with van der Waals surface area (Å²) in [5.74, 6) is 6.84. The van der Waals surface area contributed by atoms with Crippen LogP contribution in [0.1, 0.15) is 16.7 Å². The highest BCUT2D eigenvalue weighted by Crippen LogP contribution is 2.29. The summed E-state index contributed by atoms with van der Waals surface area (Å²) in [4.78, 5) is 4.08. The molecule has 0 radical (unpaired) electrons. The first-order valence-corrected chi connectivity index (χ1v) is 8.16. The molecule has 0 aliphatic rings. The second-order valence-corrected chi connectivity index (χ2v) is 5.51. The summed E-state index contributed by atoms with van der Waals surface area (Å²) >= 11 is 0. The first-order chi connectivity index (χ1) is 12.9. The van der Waals surface area contributed by atoms with Crippen LogP contribution < -0.4 is 15.4 Å². The van der Waals surface area contributed by atoms with Crippen LogP contribution in [0.5, 0.6) is 5.75 Å². The van der Waals surface area contributed by atoms with Crippen LogP contribution in [-0.2, 0) is 12.7 Å². The third-order valence-electron chi connectivity index (χ3n) is 3.61. The van der Waals surface area contributed by atoms with E-state index < -0.39 is 11.7 Å². The predicted octanol–water partition coefficient (Wildman–Crippen LogP) is 3.43. The predicted molar refractivity (Wildman–Crippen MR) is 99.5 cm³/mol. The van der Waals surface area contributed by atoms with Gasteiger partial charge in [-0.25, -0.2) is 0 Å². The zero-order chi connectivity index (χ0) is 19.7. The van der Waals surface area contributed by atoms with E-state index >= 15 is 0 Å². The van der Waals surface area contributed by atoms with E-state index in [0.717, 1.165) is 23.4 Å². The van der Waals surface area contributed by atoms with Gasteiger partial charge >= 0.3 is 6.18 Å². The molecular weight excluding hydrogens is 355 g/mol. The van der Waals surface area contributed by atoms with E-state index in [4.69, 9.17) is 4.74 Å². The number of aliphatic imine (C=N–C) groups is 1. The van der Waals surface area contributed by atoms with Gasteiger partial charge in [-0.2, -0.15) is 13.2 Å². The van der Waals surface area contributed by atoms with Crippen LogP contribution in [0.15, 0.2) is 53.5 Å². The standard InChI is InChI=1S/C20H20F3N3O/c1-24-19(26-14-16-8-10-18(27-2)11-9-16)25-12-4-6-15-5-3-7-17(13-15)20(21,22)23/h3,5,7-11,13H,12,14H2,1-2H3,(H2,24,25,26). The second kappa shape index (κ2) is 9.53. The van der Waals surface area contributed by atoms with Gasteiger partial charge in [-0.05, 0) is 35.9 Å². The van der Waals surface area contributed by atoms with Gasteiger partial charge in [0.05, 0.1) is 19.2 Å². The monoisotopic (exact) mass is 375 g/mol. The summed E-state index contributed by atoms with van der Waals surface area (Å²) in [7, 11) is 3.24. The highest BCUT2D eigenvalue weighted by atomic mass is 19.4. The molecule has 0 unspecified atom stereocenters. The molecule has 7 heteroatoms. The number of nitrogens with one attached hydrogen (secondary N) is 2. The Kier molecular flexibility index (Phi) is 7.12. The molecule has 27 heavy (non-hydrogen) atoms. The van der Waals surface area contributed by atoms with Gasteiger partial charge in [-0.3, -0.25) is 4.99 Å². The summed E-state index contributed by atoms with van der Waals surface area (Å²) in [5, 5.41) is 6.13. The zero-order valence-corrected chi connectivity index (χ0v) is 15.0. The molecule has 0 spiro atoms. The molecule has 0 aliphatic heterocycles. The number of benzene rings is 2.